The summed E-state index contributed by atoms with van der Waals surface area (Å²) >= 11 is 7.03. The first kappa shape index (κ1) is 13.5. The van der Waals surface area contributed by atoms with Gasteiger partial charge in [-0.15, -0.1) is 0 Å². The van der Waals surface area contributed by atoms with E-state index in [0.29, 0.717) is 9.89 Å². The quantitative estimate of drug-likeness (QED) is 0.624. The zero-order valence-electron chi connectivity index (χ0n) is 9.82. The molecule has 1 aromatic carbocycles. The van der Waals surface area contributed by atoms with Gasteiger partial charge in [-0.25, -0.2) is 4.39 Å². The Hall–Kier alpha value is 0.110. The second kappa shape index (κ2) is 5.83. The van der Waals surface area contributed by atoms with Crippen LogP contribution in [0.1, 0.15) is 37.7 Å². The highest BCUT2D eigenvalue weighted by molar-refractivity contribution is 9.10. The molecule has 0 amide bonds. The Bertz CT molecular complexity index is 384. The molecular formula is C14H17Br2F. The molecule has 0 atom stereocenters. The minimum Gasteiger partial charge on any atom is -0.206 e. The van der Waals surface area contributed by atoms with Gasteiger partial charge in [-0.1, -0.05) is 47.3 Å². The van der Waals surface area contributed by atoms with Crippen LogP contribution in [0.2, 0.25) is 0 Å². The summed E-state index contributed by atoms with van der Waals surface area (Å²) in [4.78, 5) is 0. The van der Waals surface area contributed by atoms with Crippen molar-refractivity contribution in [3.05, 3.63) is 34.1 Å². The Morgan fingerprint density at radius 2 is 1.88 bits per heavy atom. The lowest BCUT2D eigenvalue weighted by Crippen LogP contribution is -2.28. The van der Waals surface area contributed by atoms with Crippen LogP contribution in [0.15, 0.2) is 22.7 Å². The predicted molar refractivity (Wildman–Crippen MR) is 77.1 cm³/mol. The standard InChI is InChI=1S/C14H17Br2F/c15-10-14(7-2-1-3-8-14)9-11-5-4-6-12(17)13(11)16/h4-6H,1-3,7-10H2. The van der Waals surface area contributed by atoms with E-state index < -0.39 is 0 Å². The van der Waals surface area contributed by atoms with E-state index in [2.05, 4.69) is 31.9 Å². The number of hydrogen-bond donors (Lipinski definition) is 0. The molecule has 1 aliphatic rings. The summed E-state index contributed by atoms with van der Waals surface area (Å²) in [6.07, 6.45) is 7.43. The van der Waals surface area contributed by atoms with Crippen molar-refractivity contribution < 1.29 is 4.39 Å². The van der Waals surface area contributed by atoms with Crippen LogP contribution in [-0.2, 0) is 6.42 Å². The largest absolute Gasteiger partial charge is 0.206 e. The van der Waals surface area contributed by atoms with Crippen LogP contribution in [0, 0.1) is 11.2 Å². The summed E-state index contributed by atoms with van der Waals surface area (Å²) in [5.41, 5.74) is 1.43. The average Bonchev–Trinajstić information content (AvgIpc) is 2.36. The van der Waals surface area contributed by atoms with Crippen molar-refractivity contribution in [2.45, 2.75) is 38.5 Å². The van der Waals surface area contributed by atoms with E-state index in [1.54, 1.807) is 6.07 Å². The van der Waals surface area contributed by atoms with Crippen molar-refractivity contribution in [3.63, 3.8) is 0 Å². The van der Waals surface area contributed by atoms with E-state index in [0.717, 1.165) is 17.3 Å². The molecule has 1 aliphatic carbocycles. The highest BCUT2D eigenvalue weighted by Gasteiger charge is 2.31. The molecule has 0 N–H and O–H groups in total. The molecule has 17 heavy (non-hydrogen) atoms. The van der Waals surface area contributed by atoms with Gasteiger partial charge in [-0.2, -0.15) is 0 Å². The first-order valence-corrected chi connectivity index (χ1v) is 8.07. The van der Waals surface area contributed by atoms with Gasteiger partial charge in [0.15, 0.2) is 0 Å². The first-order valence-electron chi connectivity index (χ1n) is 6.16. The zero-order chi connectivity index (χ0) is 12.3. The van der Waals surface area contributed by atoms with Crippen molar-refractivity contribution in [1.29, 1.82) is 0 Å². The predicted octanol–water partition coefficient (Wildman–Crippen LogP) is 5.48. The molecule has 2 rings (SSSR count). The molecule has 94 valence electrons. The van der Waals surface area contributed by atoms with Crippen LogP contribution >= 0.6 is 31.9 Å². The number of alkyl halides is 1. The molecular weight excluding hydrogens is 347 g/mol. The molecule has 1 fully saturated rings. The molecule has 0 radical (unpaired) electrons. The third-order valence-corrected chi connectivity index (χ3v) is 5.87. The summed E-state index contributed by atoms with van der Waals surface area (Å²) < 4.78 is 14.1. The van der Waals surface area contributed by atoms with Crippen molar-refractivity contribution in [2.75, 3.05) is 5.33 Å². The molecule has 0 spiro atoms. The zero-order valence-corrected chi connectivity index (χ0v) is 13.0. The molecule has 0 aliphatic heterocycles. The van der Waals surface area contributed by atoms with E-state index in [1.807, 2.05) is 6.07 Å². The molecule has 3 heteroatoms. The van der Waals surface area contributed by atoms with Gasteiger partial charge in [0.25, 0.3) is 0 Å². The van der Waals surface area contributed by atoms with Gasteiger partial charge in [0.2, 0.25) is 0 Å². The van der Waals surface area contributed by atoms with Gasteiger partial charge >= 0.3 is 0 Å². The lowest BCUT2D eigenvalue weighted by atomic mass is 9.72. The smallest absolute Gasteiger partial charge is 0.137 e. The maximum absolute atomic E-state index is 13.5. The summed E-state index contributed by atoms with van der Waals surface area (Å²) in [5, 5.41) is 1.02. The Kier molecular flexibility index (Phi) is 4.65. The van der Waals surface area contributed by atoms with Gasteiger partial charge in [0, 0.05) is 5.33 Å². The Balaban J connectivity index is 2.20. The van der Waals surface area contributed by atoms with E-state index in [9.17, 15) is 4.39 Å². The number of rotatable bonds is 3. The molecule has 0 aromatic heterocycles. The summed E-state index contributed by atoms with van der Waals surface area (Å²) in [6, 6.07) is 5.35. The van der Waals surface area contributed by atoms with Crippen LogP contribution in [0.3, 0.4) is 0 Å². The van der Waals surface area contributed by atoms with Crippen molar-refractivity contribution >= 4 is 31.9 Å². The second-order valence-electron chi connectivity index (χ2n) is 5.08. The second-order valence-corrected chi connectivity index (χ2v) is 6.44. The Morgan fingerprint density at radius 3 is 2.53 bits per heavy atom. The number of halogens is 3. The molecule has 0 bridgehead atoms. The van der Waals surface area contributed by atoms with Gasteiger partial charge in [-0.3, -0.25) is 0 Å². The van der Waals surface area contributed by atoms with E-state index in [4.69, 9.17) is 0 Å². The fourth-order valence-electron chi connectivity index (χ4n) is 2.75. The van der Waals surface area contributed by atoms with E-state index in [1.165, 1.54) is 38.2 Å². The molecule has 0 unspecified atom stereocenters. The molecule has 1 saturated carbocycles. The monoisotopic (exact) mass is 362 g/mol. The minimum absolute atomic E-state index is 0.150. The van der Waals surface area contributed by atoms with Crippen molar-refractivity contribution in [3.8, 4) is 0 Å². The average molecular weight is 364 g/mol. The SMILES string of the molecule is Fc1cccc(CC2(CBr)CCCCC2)c1Br. The third-order valence-electron chi connectivity index (χ3n) is 3.79. The van der Waals surface area contributed by atoms with Crippen LogP contribution < -0.4 is 0 Å². The van der Waals surface area contributed by atoms with Crippen LogP contribution in [0.25, 0.3) is 0 Å². The van der Waals surface area contributed by atoms with Crippen LogP contribution in [-0.4, -0.2) is 5.33 Å². The number of benzene rings is 1. The highest BCUT2D eigenvalue weighted by Crippen LogP contribution is 2.41. The van der Waals surface area contributed by atoms with E-state index in [-0.39, 0.29) is 5.82 Å². The summed E-state index contributed by atoms with van der Waals surface area (Å²) in [7, 11) is 0. The topological polar surface area (TPSA) is 0 Å². The van der Waals surface area contributed by atoms with Gasteiger partial charge in [-0.05, 0) is 52.2 Å². The molecule has 0 nitrogen and oxygen atoms in total. The van der Waals surface area contributed by atoms with Gasteiger partial charge in [0.05, 0.1) is 4.47 Å². The fraction of sp³-hybridized carbons (Fsp3) is 0.571. The molecule has 0 saturated heterocycles. The van der Waals surface area contributed by atoms with Crippen LogP contribution in [0.5, 0.6) is 0 Å². The van der Waals surface area contributed by atoms with Gasteiger partial charge in [0.1, 0.15) is 5.82 Å². The lowest BCUT2D eigenvalue weighted by Gasteiger charge is -2.36. The summed E-state index contributed by atoms with van der Waals surface area (Å²) in [6.45, 7) is 0. The van der Waals surface area contributed by atoms with Crippen molar-refractivity contribution in [1.82, 2.24) is 0 Å². The normalized spacial score (nSPS) is 19.2. The Labute approximate surface area is 119 Å². The van der Waals surface area contributed by atoms with Gasteiger partial charge < -0.3 is 0 Å². The fourth-order valence-corrected chi connectivity index (χ4v) is 3.91. The van der Waals surface area contributed by atoms with Crippen LogP contribution in [0.4, 0.5) is 4.39 Å². The third kappa shape index (κ3) is 3.11. The maximum Gasteiger partial charge on any atom is 0.137 e. The first-order chi connectivity index (χ1) is 8.17. The minimum atomic E-state index is -0.150. The Morgan fingerprint density at radius 1 is 1.18 bits per heavy atom. The van der Waals surface area contributed by atoms with Crippen molar-refractivity contribution in [2.24, 2.45) is 5.41 Å². The highest BCUT2D eigenvalue weighted by atomic mass is 79.9. The maximum atomic E-state index is 13.5. The summed E-state index contributed by atoms with van der Waals surface area (Å²) in [5.74, 6) is -0.150. The lowest BCUT2D eigenvalue weighted by molar-refractivity contribution is 0.223. The number of hydrogen-bond acceptors (Lipinski definition) is 0. The molecule has 0 heterocycles. The molecule has 1 aromatic rings. The van der Waals surface area contributed by atoms with E-state index >= 15 is 0 Å².